The third kappa shape index (κ3) is 4.94. The van der Waals surface area contributed by atoms with Crippen LogP contribution in [-0.4, -0.2) is 43.7 Å². The number of halogens is 1. The number of aromatic nitrogens is 5. The van der Waals surface area contributed by atoms with E-state index in [9.17, 15) is 14.0 Å². The van der Waals surface area contributed by atoms with Crippen molar-refractivity contribution < 1.29 is 18.7 Å². The van der Waals surface area contributed by atoms with Crippen molar-refractivity contribution in [2.75, 3.05) is 11.9 Å². The molecule has 3 aromatic rings. The lowest BCUT2D eigenvalue weighted by Crippen LogP contribution is -2.20. The van der Waals surface area contributed by atoms with E-state index in [-0.39, 0.29) is 24.8 Å². The van der Waals surface area contributed by atoms with E-state index in [4.69, 9.17) is 4.74 Å². The molecule has 0 unspecified atom stereocenters. The van der Waals surface area contributed by atoms with Crippen molar-refractivity contribution >= 4 is 28.3 Å². The van der Waals surface area contributed by atoms with Crippen molar-refractivity contribution in [3.05, 3.63) is 40.7 Å². The highest BCUT2D eigenvalue weighted by molar-refractivity contribution is 7.13. The molecule has 1 N–H and O–H groups in total. The van der Waals surface area contributed by atoms with Crippen molar-refractivity contribution in [1.29, 1.82) is 0 Å². The Labute approximate surface area is 163 Å². The van der Waals surface area contributed by atoms with Crippen LogP contribution in [0.2, 0.25) is 0 Å². The molecule has 2 aromatic heterocycles. The Balaban J connectivity index is 1.58. The van der Waals surface area contributed by atoms with Crippen molar-refractivity contribution in [2.45, 2.75) is 26.8 Å². The molecule has 3 rings (SSSR count). The molecule has 0 aliphatic rings. The fourth-order valence-corrected chi connectivity index (χ4v) is 3.03. The minimum Gasteiger partial charge on any atom is -0.466 e. The van der Waals surface area contributed by atoms with Crippen molar-refractivity contribution in [3.63, 3.8) is 0 Å². The molecule has 0 fully saturated rings. The maximum absolute atomic E-state index is 13.4. The van der Waals surface area contributed by atoms with Gasteiger partial charge in [0.1, 0.15) is 12.4 Å². The van der Waals surface area contributed by atoms with Crippen LogP contribution in [0, 0.1) is 12.7 Å². The van der Waals surface area contributed by atoms with Crippen molar-refractivity contribution in [3.8, 4) is 11.4 Å². The SMILES string of the molecule is CCOC(=O)Cc1csc(NC(=O)Cn2nnc(-c3ccc(F)c(C)c3)n2)n1. The number of rotatable bonds is 7. The van der Waals surface area contributed by atoms with Gasteiger partial charge in [-0.25, -0.2) is 9.37 Å². The molecule has 28 heavy (non-hydrogen) atoms. The normalized spacial score (nSPS) is 10.7. The largest absolute Gasteiger partial charge is 0.466 e. The number of hydrogen-bond donors (Lipinski definition) is 1. The number of carbonyl (C=O) groups is 2. The van der Waals surface area contributed by atoms with Crippen LogP contribution in [0.4, 0.5) is 9.52 Å². The first-order valence-corrected chi connectivity index (χ1v) is 9.26. The Bertz CT molecular complexity index is 1000. The fourth-order valence-electron chi connectivity index (χ4n) is 2.30. The minimum atomic E-state index is -0.392. The van der Waals surface area contributed by atoms with E-state index >= 15 is 0 Å². The molecule has 0 spiro atoms. The smallest absolute Gasteiger partial charge is 0.311 e. The summed E-state index contributed by atoms with van der Waals surface area (Å²) in [6.07, 6.45) is 0.0469. The van der Waals surface area contributed by atoms with Crippen molar-refractivity contribution in [1.82, 2.24) is 25.2 Å². The quantitative estimate of drug-likeness (QED) is 0.599. The Kier molecular flexibility index (Phi) is 6.04. The van der Waals surface area contributed by atoms with Crippen LogP contribution in [0.3, 0.4) is 0 Å². The number of carbonyl (C=O) groups excluding carboxylic acids is 2. The van der Waals surface area contributed by atoms with Gasteiger partial charge in [0.2, 0.25) is 11.7 Å². The second-order valence-electron chi connectivity index (χ2n) is 5.78. The number of nitrogens with zero attached hydrogens (tertiary/aromatic N) is 5. The van der Waals surface area contributed by atoms with E-state index in [0.29, 0.717) is 34.4 Å². The van der Waals surface area contributed by atoms with E-state index in [0.717, 1.165) is 4.80 Å². The molecule has 0 saturated heterocycles. The molecule has 0 bridgehead atoms. The van der Waals surface area contributed by atoms with Gasteiger partial charge in [0.05, 0.1) is 18.7 Å². The second-order valence-corrected chi connectivity index (χ2v) is 6.64. The third-order valence-electron chi connectivity index (χ3n) is 3.58. The lowest BCUT2D eigenvalue weighted by atomic mass is 10.1. The summed E-state index contributed by atoms with van der Waals surface area (Å²) in [4.78, 5) is 28.9. The van der Waals surface area contributed by atoms with Gasteiger partial charge >= 0.3 is 5.97 Å². The Hall–Kier alpha value is -3.21. The van der Waals surface area contributed by atoms with Gasteiger partial charge in [0.25, 0.3) is 0 Å². The lowest BCUT2D eigenvalue weighted by molar-refractivity contribution is -0.142. The number of amides is 1. The van der Waals surface area contributed by atoms with E-state index < -0.39 is 5.91 Å². The summed E-state index contributed by atoms with van der Waals surface area (Å²) in [6, 6.07) is 4.48. The molecular formula is C17H17FN6O3S. The fraction of sp³-hybridized carbons (Fsp3) is 0.294. The molecule has 9 nitrogen and oxygen atoms in total. The number of benzene rings is 1. The highest BCUT2D eigenvalue weighted by Crippen LogP contribution is 2.18. The predicted molar refractivity (Wildman–Crippen MR) is 99.0 cm³/mol. The Morgan fingerprint density at radius 2 is 2.18 bits per heavy atom. The molecule has 0 radical (unpaired) electrons. The molecule has 0 aliphatic heterocycles. The number of nitrogens with one attached hydrogen (secondary N) is 1. The van der Waals surface area contributed by atoms with Gasteiger partial charge in [0, 0.05) is 10.9 Å². The molecule has 0 atom stereocenters. The molecule has 0 saturated carbocycles. The molecular weight excluding hydrogens is 387 g/mol. The first-order valence-electron chi connectivity index (χ1n) is 8.38. The van der Waals surface area contributed by atoms with Crippen LogP contribution >= 0.6 is 11.3 Å². The van der Waals surface area contributed by atoms with Crippen molar-refractivity contribution in [2.24, 2.45) is 0 Å². The van der Waals surface area contributed by atoms with Gasteiger partial charge < -0.3 is 10.1 Å². The number of ether oxygens (including phenoxy) is 1. The molecule has 2 heterocycles. The number of esters is 1. The monoisotopic (exact) mass is 404 g/mol. The number of hydrogen-bond acceptors (Lipinski definition) is 8. The summed E-state index contributed by atoms with van der Waals surface area (Å²) in [5, 5.41) is 16.5. The maximum atomic E-state index is 13.4. The van der Waals surface area contributed by atoms with Crippen LogP contribution in [0.25, 0.3) is 11.4 Å². The van der Waals surface area contributed by atoms with E-state index in [1.54, 1.807) is 31.4 Å². The number of aryl methyl sites for hydroxylation is 1. The zero-order chi connectivity index (χ0) is 20.1. The summed E-state index contributed by atoms with van der Waals surface area (Å²) < 4.78 is 18.2. The molecule has 0 aliphatic carbocycles. The van der Waals surface area contributed by atoms with Gasteiger partial charge in [-0.3, -0.25) is 9.59 Å². The van der Waals surface area contributed by atoms with Crippen LogP contribution < -0.4 is 5.32 Å². The average molecular weight is 404 g/mol. The summed E-state index contributed by atoms with van der Waals surface area (Å²) >= 11 is 1.20. The van der Waals surface area contributed by atoms with Gasteiger partial charge in [0.15, 0.2) is 5.13 Å². The zero-order valence-electron chi connectivity index (χ0n) is 15.2. The first kappa shape index (κ1) is 19.5. The van der Waals surface area contributed by atoms with Gasteiger partial charge in [-0.15, -0.1) is 21.5 Å². The topological polar surface area (TPSA) is 112 Å². The standard InChI is InChI=1S/C17H17FN6O3S/c1-3-27-15(26)7-12-9-28-17(19-12)20-14(25)8-24-22-16(21-23-24)11-4-5-13(18)10(2)6-11/h4-6,9H,3,7-8H2,1-2H3,(H,19,20,25). The maximum Gasteiger partial charge on any atom is 0.311 e. The predicted octanol–water partition coefficient (Wildman–Crippen LogP) is 1.99. The summed E-state index contributed by atoms with van der Waals surface area (Å²) in [5.41, 5.74) is 1.59. The van der Waals surface area contributed by atoms with Gasteiger partial charge in [-0.2, -0.15) is 4.80 Å². The third-order valence-corrected chi connectivity index (χ3v) is 4.39. The van der Waals surface area contributed by atoms with E-state index in [1.165, 1.54) is 17.4 Å². The Morgan fingerprint density at radius 3 is 2.93 bits per heavy atom. The number of tetrazole rings is 1. The number of anilines is 1. The highest BCUT2D eigenvalue weighted by Gasteiger charge is 2.13. The van der Waals surface area contributed by atoms with Crippen LogP contribution in [0.1, 0.15) is 18.2 Å². The van der Waals surface area contributed by atoms with Crippen LogP contribution in [0.5, 0.6) is 0 Å². The van der Waals surface area contributed by atoms with E-state index in [1.807, 2.05) is 0 Å². The zero-order valence-corrected chi connectivity index (χ0v) is 16.0. The number of thiazole rings is 1. The summed E-state index contributed by atoms with van der Waals surface area (Å²) in [6.45, 7) is 3.50. The van der Waals surface area contributed by atoms with Crippen LogP contribution in [0.15, 0.2) is 23.6 Å². The van der Waals surface area contributed by atoms with Crippen LogP contribution in [-0.2, 0) is 27.3 Å². The molecule has 11 heteroatoms. The molecule has 1 amide bonds. The average Bonchev–Trinajstić information content (AvgIpc) is 3.27. The Morgan fingerprint density at radius 1 is 1.36 bits per heavy atom. The van der Waals surface area contributed by atoms with Gasteiger partial charge in [-0.05, 0) is 42.8 Å². The summed E-state index contributed by atoms with van der Waals surface area (Å²) in [7, 11) is 0. The second kappa shape index (κ2) is 8.65. The van der Waals surface area contributed by atoms with E-state index in [2.05, 4.69) is 25.7 Å². The summed E-state index contributed by atoms with van der Waals surface area (Å²) in [5.74, 6) is -0.791. The molecule has 1 aromatic carbocycles. The first-order chi connectivity index (χ1) is 13.4. The molecule has 146 valence electrons. The highest BCUT2D eigenvalue weighted by atomic mass is 32.1. The minimum absolute atomic E-state index is 0.0469. The van der Waals surface area contributed by atoms with Gasteiger partial charge in [-0.1, -0.05) is 0 Å². The lowest BCUT2D eigenvalue weighted by Gasteiger charge is -2.01.